The first kappa shape index (κ1) is 34.4. The molecule has 1 unspecified atom stereocenters. The van der Waals surface area contributed by atoms with Crippen molar-refractivity contribution >= 4 is 22.6 Å². The SMILES string of the molecule is COc1ccc(O)c(CC(I)CC(F)(F)C(F)(F)C(F)(F)C(F)(F)C(F)(F)C(F)(F)C(F)(F)C(F)(F)F)c1. The van der Waals surface area contributed by atoms with Crippen molar-refractivity contribution in [2.24, 2.45) is 0 Å². The van der Waals surface area contributed by atoms with E-state index in [0.717, 1.165) is 47.9 Å². The summed E-state index contributed by atoms with van der Waals surface area (Å²) in [4.78, 5) is 0. The highest BCUT2D eigenvalue weighted by Gasteiger charge is 2.95. The van der Waals surface area contributed by atoms with E-state index in [9.17, 15) is 79.7 Å². The molecule has 1 aromatic carbocycles. The number of hydrogen-bond acceptors (Lipinski definition) is 2. The van der Waals surface area contributed by atoms with Gasteiger partial charge in [0.25, 0.3) is 0 Å². The monoisotopic (exact) mass is 710 g/mol. The molecule has 1 N–H and O–H groups in total. The Balaban J connectivity index is 3.45. The molecule has 1 atom stereocenters. The molecule has 0 aromatic heterocycles. The highest BCUT2D eigenvalue weighted by molar-refractivity contribution is 14.1. The second-order valence-corrected chi connectivity index (χ2v) is 9.41. The lowest BCUT2D eigenvalue weighted by Gasteiger charge is -2.43. The number of ether oxygens (including phenoxy) is 1. The Morgan fingerprint density at radius 1 is 0.684 bits per heavy atom. The smallest absolute Gasteiger partial charge is 0.460 e. The van der Waals surface area contributed by atoms with Gasteiger partial charge in [0.05, 0.1) is 7.11 Å². The fraction of sp³-hybridized carbons (Fsp3) is 0.667. The minimum Gasteiger partial charge on any atom is -0.508 e. The molecule has 0 aliphatic carbocycles. The van der Waals surface area contributed by atoms with E-state index >= 15 is 0 Å². The average molecular weight is 710 g/mol. The number of benzene rings is 1. The lowest BCUT2D eigenvalue weighted by molar-refractivity contribution is -0.461. The van der Waals surface area contributed by atoms with Crippen molar-refractivity contribution in [2.45, 2.75) is 64.4 Å². The van der Waals surface area contributed by atoms with E-state index in [0.29, 0.717) is 0 Å². The Morgan fingerprint density at radius 2 is 1.08 bits per heavy atom. The third kappa shape index (κ3) is 5.25. The summed E-state index contributed by atoms with van der Waals surface area (Å²) in [5.41, 5.74) is -0.361. The molecule has 0 amide bonds. The predicted molar refractivity (Wildman–Crippen MR) is 101 cm³/mol. The number of methoxy groups -OCH3 is 1. The Hall–Kier alpha value is -1.64. The topological polar surface area (TPSA) is 29.5 Å². The summed E-state index contributed by atoms with van der Waals surface area (Å²) in [5.74, 6) is -57.3. The molecule has 0 saturated heterocycles. The molecular formula is C18H12F17IO2. The van der Waals surface area contributed by atoms with Gasteiger partial charge in [-0.3, -0.25) is 0 Å². The number of aromatic hydroxyl groups is 1. The van der Waals surface area contributed by atoms with Crippen LogP contribution in [0.1, 0.15) is 12.0 Å². The largest absolute Gasteiger partial charge is 0.508 e. The van der Waals surface area contributed by atoms with Crippen molar-refractivity contribution in [1.82, 2.24) is 0 Å². The van der Waals surface area contributed by atoms with E-state index in [1.165, 1.54) is 0 Å². The Bertz CT molecular complexity index is 990. The van der Waals surface area contributed by atoms with E-state index < -0.39 is 70.1 Å². The molecule has 0 bridgehead atoms. The van der Waals surface area contributed by atoms with Crippen molar-refractivity contribution in [3.05, 3.63) is 23.8 Å². The summed E-state index contributed by atoms with van der Waals surface area (Å²) < 4.78 is 229. The van der Waals surface area contributed by atoms with Crippen molar-refractivity contribution in [3.8, 4) is 11.5 Å². The van der Waals surface area contributed by atoms with E-state index in [2.05, 4.69) is 0 Å². The molecule has 0 heterocycles. The molecule has 0 spiro atoms. The van der Waals surface area contributed by atoms with Gasteiger partial charge >= 0.3 is 47.6 Å². The van der Waals surface area contributed by atoms with Gasteiger partial charge in [-0.2, -0.15) is 74.6 Å². The molecule has 2 nitrogen and oxygen atoms in total. The predicted octanol–water partition coefficient (Wildman–Crippen LogP) is 8.15. The van der Waals surface area contributed by atoms with Crippen LogP contribution in [-0.2, 0) is 6.42 Å². The average Bonchev–Trinajstić information content (AvgIpc) is 2.73. The minimum absolute atomic E-state index is 0.0523. The van der Waals surface area contributed by atoms with Crippen molar-refractivity contribution in [1.29, 1.82) is 0 Å². The fourth-order valence-electron chi connectivity index (χ4n) is 2.77. The van der Waals surface area contributed by atoms with Crippen molar-refractivity contribution in [3.63, 3.8) is 0 Å². The lowest BCUT2D eigenvalue weighted by atomic mass is 9.87. The van der Waals surface area contributed by atoms with Crippen LogP contribution in [0.15, 0.2) is 18.2 Å². The molecular weight excluding hydrogens is 698 g/mol. The van der Waals surface area contributed by atoms with Gasteiger partial charge in [0.15, 0.2) is 0 Å². The van der Waals surface area contributed by atoms with Crippen molar-refractivity contribution in [2.75, 3.05) is 7.11 Å². The molecule has 0 saturated carbocycles. The zero-order valence-electron chi connectivity index (χ0n) is 17.9. The van der Waals surface area contributed by atoms with Crippen LogP contribution in [0.4, 0.5) is 74.6 Å². The zero-order valence-corrected chi connectivity index (χ0v) is 20.0. The van der Waals surface area contributed by atoms with Gasteiger partial charge in [-0.25, -0.2) is 0 Å². The van der Waals surface area contributed by atoms with Gasteiger partial charge in [0, 0.05) is 10.3 Å². The van der Waals surface area contributed by atoms with E-state index in [4.69, 9.17) is 4.74 Å². The first-order valence-corrected chi connectivity index (χ1v) is 10.5. The lowest BCUT2D eigenvalue weighted by Crippen LogP contribution is -2.74. The maximum Gasteiger partial charge on any atom is 0.460 e. The number of hydrogen-bond donors (Lipinski definition) is 1. The third-order valence-electron chi connectivity index (χ3n) is 4.99. The van der Waals surface area contributed by atoms with Gasteiger partial charge < -0.3 is 9.84 Å². The number of halogens is 18. The van der Waals surface area contributed by atoms with Crippen LogP contribution < -0.4 is 4.74 Å². The minimum atomic E-state index is -8.65. The van der Waals surface area contributed by atoms with Crippen LogP contribution in [0.3, 0.4) is 0 Å². The number of alkyl halides is 18. The molecule has 0 aliphatic rings. The Labute approximate surface area is 214 Å². The van der Waals surface area contributed by atoms with Crippen LogP contribution in [0, 0.1) is 0 Å². The summed E-state index contributed by atoms with van der Waals surface area (Å²) in [7, 11) is 1.08. The molecule has 222 valence electrons. The molecule has 0 fully saturated rings. The van der Waals surface area contributed by atoms with E-state index in [1.54, 1.807) is 0 Å². The highest BCUT2D eigenvalue weighted by atomic mass is 127. The Morgan fingerprint density at radius 3 is 1.47 bits per heavy atom. The molecule has 0 aliphatic heterocycles. The summed E-state index contributed by atoms with van der Waals surface area (Å²) in [6.07, 6.45) is -11.3. The Kier molecular flexibility index (Phi) is 9.12. The highest BCUT2D eigenvalue weighted by Crippen LogP contribution is 2.64. The third-order valence-corrected chi connectivity index (χ3v) is 5.87. The van der Waals surface area contributed by atoms with Crippen molar-refractivity contribution < 1.29 is 84.5 Å². The van der Waals surface area contributed by atoms with Crippen LogP contribution in [0.5, 0.6) is 11.5 Å². The number of rotatable bonds is 11. The van der Waals surface area contributed by atoms with Gasteiger partial charge in [-0.15, -0.1) is 0 Å². The summed E-state index contributed by atoms with van der Waals surface area (Å²) >= 11 is 0.858. The summed E-state index contributed by atoms with van der Waals surface area (Å²) in [5, 5.41) is 9.65. The van der Waals surface area contributed by atoms with E-state index in [1.807, 2.05) is 0 Å². The fourth-order valence-corrected chi connectivity index (χ4v) is 3.79. The number of phenols is 1. The number of phenolic OH excluding ortho intramolecular Hbond substituents is 1. The van der Waals surface area contributed by atoms with Crippen LogP contribution >= 0.6 is 22.6 Å². The maximum absolute atomic E-state index is 14.1. The van der Waals surface area contributed by atoms with Crippen LogP contribution in [0.2, 0.25) is 0 Å². The van der Waals surface area contributed by atoms with Crippen LogP contribution in [-0.4, -0.2) is 63.8 Å². The first-order valence-electron chi connectivity index (χ1n) is 9.28. The second kappa shape index (κ2) is 10.1. The molecule has 1 rings (SSSR count). The van der Waals surface area contributed by atoms with E-state index in [-0.39, 0.29) is 11.3 Å². The quantitative estimate of drug-likeness (QED) is 0.143. The zero-order chi connectivity index (χ0) is 30.6. The van der Waals surface area contributed by atoms with Crippen LogP contribution in [0.25, 0.3) is 0 Å². The standard InChI is InChI=1S/C18H12F17IO2/c1-38-9-2-3-10(37)7(5-9)4-8(36)6-11(19,20)12(21,22)13(23,24)14(25,26)15(27,28)16(29,30)17(31,32)18(33,34)35/h2-3,5,8,37H,4,6H2,1H3. The molecule has 20 heteroatoms. The first-order chi connectivity index (χ1) is 16.6. The van der Waals surface area contributed by atoms with Gasteiger partial charge in [0.2, 0.25) is 0 Å². The normalized spacial score (nSPS) is 16.0. The van der Waals surface area contributed by atoms with Gasteiger partial charge in [-0.05, 0) is 30.2 Å². The van der Waals surface area contributed by atoms with Gasteiger partial charge in [0.1, 0.15) is 11.5 Å². The summed E-state index contributed by atoms with van der Waals surface area (Å²) in [6, 6.07) is 2.95. The second-order valence-electron chi connectivity index (χ2n) is 7.65. The maximum atomic E-state index is 14.1. The molecule has 0 radical (unpaired) electrons. The molecule has 1 aromatic rings. The van der Waals surface area contributed by atoms with Gasteiger partial charge in [-0.1, -0.05) is 22.6 Å². The molecule has 38 heavy (non-hydrogen) atoms. The summed E-state index contributed by atoms with van der Waals surface area (Å²) in [6.45, 7) is 0.